The summed E-state index contributed by atoms with van der Waals surface area (Å²) in [5.74, 6) is -0.666. The van der Waals surface area contributed by atoms with Crippen LogP contribution in [0.15, 0.2) is 59.6 Å². The average molecular weight is 488 g/mol. The fraction of sp³-hybridized carbons (Fsp3) is 0.286. The summed E-state index contributed by atoms with van der Waals surface area (Å²) in [6.07, 6.45) is 1.53. The summed E-state index contributed by atoms with van der Waals surface area (Å²) in [5, 5.41) is 0.705. The van der Waals surface area contributed by atoms with Crippen molar-refractivity contribution >= 4 is 61.6 Å². The Morgan fingerprint density at radius 3 is 2.23 bits per heavy atom. The maximum atomic E-state index is 13.3. The number of para-hydroxylation sites is 1. The third-order valence-corrected chi connectivity index (χ3v) is 6.98. The summed E-state index contributed by atoms with van der Waals surface area (Å²) >= 11 is 17.4. The van der Waals surface area contributed by atoms with Gasteiger partial charge in [-0.1, -0.05) is 70.7 Å². The SMILES string of the molecule is Cc1ccc(S(=O)(=O)n2cc(CN(C(=O)C(Cl)(Cl)Cl)C(C)C)c3ccccc32)cc1. The highest BCUT2D eigenvalue weighted by atomic mass is 35.6. The molecule has 160 valence electrons. The highest BCUT2D eigenvalue weighted by Gasteiger charge is 2.36. The molecule has 1 heterocycles. The van der Waals surface area contributed by atoms with Crippen molar-refractivity contribution in [3.63, 3.8) is 0 Å². The number of amides is 1. The first kappa shape index (κ1) is 22.9. The summed E-state index contributed by atoms with van der Waals surface area (Å²) in [6.45, 7) is 5.59. The largest absolute Gasteiger partial charge is 0.332 e. The number of benzene rings is 2. The molecule has 0 N–H and O–H groups in total. The number of aromatic nitrogens is 1. The zero-order valence-corrected chi connectivity index (χ0v) is 19.7. The lowest BCUT2D eigenvalue weighted by atomic mass is 10.1. The van der Waals surface area contributed by atoms with E-state index in [0.29, 0.717) is 16.5 Å². The van der Waals surface area contributed by atoms with Gasteiger partial charge in [0.15, 0.2) is 0 Å². The lowest BCUT2D eigenvalue weighted by Crippen LogP contribution is -2.43. The Labute approximate surface area is 191 Å². The van der Waals surface area contributed by atoms with Gasteiger partial charge >= 0.3 is 0 Å². The molecule has 3 aromatic rings. The van der Waals surface area contributed by atoms with Crippen LogP contribution in [0.1, 0.15) is 25.0 Å². The van der Waals surface area contributed by atoms with E-state index in [0.717, 1.165) is 5.56 Å². The van der Waals surface area contributed by atoms with E-state index >= 15 is 0 Å². The number of nitrogens with zero attached hydrogens (tertiary/aromatic N) is 2. The van der Waals surface area contributed by atoms with Gasteiger partial charge in [-0.05, 0) is 44.5 Å². The lowest BCUT2D eigenvalue weighted by molar-refractivity contribution is -0.132. The van der Waals surface area contributed by atoms with Crippen molar-refractivity contribution in [3.05, 3.63) is 65.9 Å². The Kier molecular flexibility index (Phi) is 6.44. The van der Waals surface area contributed by atoms with Gasteiger partial charge in [-0.15, -0.1) is 0 Å². The number of halogens is 3. The molecule has 9 heteroatoms. The van der Waals surface area contributed by atoms with E-state index in [9.17, 15) is 13.2 Å². The van der Waals surface area contributed by atoms with Gasteiger partial charge < -0.3 is 4.90 Å². The molecule has 0 saturated heterocycles. The number of alkyl halides is 3. The molecule has 3 rings (SSSR count). The molecular weight excluding hydrogens is 467 g/mol. The van der Waals surface area contributed by atoms with Gasteiger partial charge in [-0.25, -0.2) is 12.4 Å². The second kappa shape index (κ2) is 8.42. The van der Waals surface area contributed by atoms with Gasteiger partial charge in [0.2, 0.25) is 0 Å². The lowest BCUT2D eigenvalue weighted by Gasteiger charge is -2.29. The summed E-state index contributed by atoms with van der Waals surface area (Å²) in [5.41, 5.74) is 2.11. The molecule has 0 bridgehead atoms. The standard InChI is InChI=1S/C21H21Cl3N2O3S/c1-14(2)25(20(27)21(22,23)24)12-16-13-26(19-7-5-4-6-18(16)19)30(28,29)17-10-8-15(3)9-11-17/h4-11,13-14H,12H2,1-3H3. The molecule has 0 atom stereocenters. The van der Waals surface area contributed by atoms with E-state index in [4.69, 9.17) is 34.8 Å². The second-order valence-electron chi connectivity index (χ2n) is 7.31. The van der Waals surface area contributed by atoms with Gasteiger partial charge in [-0.2, -0.15) is 0 Å². The van der Waals surface area contributed by atoms with Crippen LogP contribution < -0.4 is 0 Å². The zero-order valence-electron chi connectivity index (χ0n) is 16.6. The summed E-state index contributed by atoms with van der Waals surface area (Å²) < 4.78 is 25.7. The molecule has 0 saturated carbocycles. The molecule has 30 heavy (non-hydrogen) atoms. The summed E-state index contributed by atoms with van der Waals surface area (Å²) in [4.78, 5) is 14.2. The van der Waals surface area contributed by atoms with Crippen LogP contribution in [0.3, 0.4) is 0 Å². The van der Waals surface area contributed by atoms with Crippen molar-refractivity contribution in [2.24, 2.45) is 0 Å². The van der Waals surface area contributed by atoms with Crippen LogP contribution in [0.4, 0.5) is 0 Å². The second-order valence-corrected chi connectivity index (χ2v) is 11.4. The van der Waals surface area contributed by atoms with Crippen molar-refractivity contribution in [3.8, 4) is 0 Å². The molecule has 0 aliphatic carbocycles. The number of carbonyl (C=O) groups is 1. The summed E-state index contributed by atoms with van der Waals surface area (Å²) in [7, 11) is -3.83. The molecule has 0 radical (unpaired) electrons. The molecule has 2 aromatic carbocycles. The molecule has 0 spiro atoms. The Morgan fingerprint density at radius 1 is 1.07 bits per heavy atom. The Bertz CT molecular complexity index is 1180. The maximum Gasteiger partial charge on any atom is 0.275 e. The molecule has 0 aliphatic rings. The molecular formula is C21H21Cl3N2O3S. The average Bonchev–Trinajstić information content (AvgIpc) is 3.04. The number of aryl methyl sites for hydroxylation is 1. The van der Waals surface area contributed by atoms with Crippen molar-refractivity contribution in [1.82, 2.24) is 8.87 Å². The van der Waals surface area contributed by atoms with E-state index in [2.05, 4.69) is 0 Å². The minimum absolute atomic E-state index is 0.0986. The number of rotatable bonds is 5. The highest BCUT2D eigenvalue weighted by Crippen LogP contribution is 2.32. The van der Waals surface area contributed by atoms with Crippen LogP contribution in [-0.2, 0) is 21.4 Å². The van der Waals surface area contributed by atoms with E-state index in [-0.39, 0.29) is 17.5 Å². The first-order valence-corrected chi connectivity index (χ1v) is 11.8. The van der Waals surface area contributed by atoms with Crippen LogP contribution in [-0.4, -0.2) is 33.0 Å². The minimum Gasteiger partial charge on any atom is -0.332 e. The van der Waals surface area contributed by atoms with Crippen molar-refractivity contribution in [2.45, 2.75) is 42.0 Å². The van der Waals surface area contributed by atoms with Gasteiger partial charge in [-0.3, -0.25) is 4.79 Å². The number of fused-ring (bicyclic) bond motifs is 1. The topological polar surface area (TPSA) is 59.4 Å². The van der Waals surface area contributed by atoms with Crippen molar-refractivity contribution < 1.29 is 13.2 Å². The molecule has 0 fully saturated rings. The van der Waals surface area contributed by atoms with Crippen LogP contribution in [0.25, 0.3) is 10.9 Å². The first-order chi connectivity index (χ1) is 13.9. The molecule has 0 unspecified atom stereocenters. The van der Waals surface area contributed by atoms with Gasteiger partial charge in [0, 0.05) is 24.2 Å². The maximum absolute atomic E-state index is 13.3. The van der Waals surface area contributed by atoms with E-state index in [1.165, 1.54) is 15.1 Å². The Balaban J connectivity index is 2.13. The Morgan fingerprint density at radius 2 is 1.67 bits per heavy atom. The van der Waals surface area contributed by atoms with Gasteiger partial charge in [0.05, 0.1) is 10.4 Å². The van der Waals surface area contributed by atoms with Crippen molar-refractivity contribution in [1.29, 1.82) is 0 Å². The van der Waals surface area contributed by atoms with Crippen LogP contribution in [0.5, 0.6) is 0 Å². The van der Waals surface area contributed by atoms with Crippen LogP contribution >= 0.6 is 34.8 Å². The minimum atomic E-state index is -3.83. The summed E-state index contributed by atoms with van der Waals surface area (Å²) in [6, 6.07) is 13.5. The number of hydrogen-bond acceptors (Lipinski definition) is 3. The third-order valence-electron chi connectivity index (χ3n) is 4.81. The Hall–Kier alpha value is -1.73. The van der Waals surface area contributed by atoms with Crippen LogP contribution in [0.2, 0.25) is 0 Å². The van der Waals surface area contributed by atoms with Crippen LogP contribution in [0, 0.1) is 6.92 Å². The predicted molar refractivity (Wildman–Crippen MR) is 122 cm³/mol. The highest BCUT2D eigenvalue weighted by molar-refractivity contribution is 7.90. The molecule has 0 aliphatic heterocycles. The van der Waals surface area contributed by atoms with E-state index < -0.39 is 19.7 Å². The predicted octanol–water partition coefficient (Wildman–Crippen LogP) is 5.29. The third kappa shape index (κ3) is 4.47. The monoisotopic (exact) mass is 486 g/mol. The smallest absolute Gasteiger partial charge is 0.275 e. The first-order valence-electron chi connectivity index (χ1n) is 9.22. The normalized spacial score (nSPS) is 12.5. The fourth-order valence-electron chi connectivity index (χ4n) is 3.20. The zero-order chi connectivity index (χ0) is 22.3. The van der Waals surface area contributed by atoms with Gasteiger partial charge in [0.25, 0.3) is 19.7 Å². The van der Waals surface area contributed by atoms with Gasteiger partial charge in [0.1, 0.15) is 0 Å². The fourth-order valence-corrected chi connectivity index (χ4v) is 4.92. The number of carbonyl (C=O) groups excluding carboxylic acids is 1. The van der Waals surface area contributed by atoms with Crippen molar-refractivity contribution in [2.75, 3.05) is 0 Å². The molecule has 1 aromatic heterocycles. The molecule has 1 amide bonds. The van der Waals surface area contributed by atoms with E-state index in [1.54, 1.807) is 50.2 Å². The quantitative estimate of drug-likeness (QED) is 0.459. The number of hydrogen-bond donors (Lipinski definition) is 0. The van der Waals surface area contributed by atoms with E-state index in [1.807, 2.05) is 19.1 Å². The molecule has 5 nitrogen and oxygen atoms in total.